The van der Waals surface area contributed by atoms with Gasteiger partial charge < -0.3 is 15.4 Å². The maximum Gasteiger partial charge on any atom is 0.407 e. The normalized spacial score (nSPS) is 18.7. The van der Waals surface area contributed by atoms with Gasteiger partial charge in [0.1, 0.15) is 5.60 Å². The number of amides is 2. The molecular formula is C21H33N3O3. The van der Waals surface area contributed by atoms with Crippen LogP contribution in [0.5, 0.6) is 0 Å². The average Bonchev–Trinajstić information content (AvgIpc) is 3.05. The molecule has 2 amide bonds. The molecule has 2 rings (SSSR count). The first-order valence-corrected chi connectivity index (χ1v) is 9.80. The predicted molar refractivity (Wildman–Crippen MR) is 106 cm³/mol. The van der Waals surface area contributed by atoms with Crippen molar-refractivity contribution < 1.29 is 14.3 Å². The Hall–Kier alpha value is -2.08. The molecule has 150 valence electrons. The molecular weight excluding hydrogens is 342 g/mol. The van der Waals surface area contributed by atoms with E-state index in [1.807, 2.05) is 26.8 Å². The fraction of sp³-hybridized carbons (Fsp3) is 0.619. The summed E-state index contributed by atoms with van der Waals surface area (Å²) in [6, 6.07) is 11.0. The van der Waals surface area contributed by atoms with Crippen LogP contribution in [0.15, 0.2) is 30.3 Å². The van der Waals surface area contributed by atoms with Crippen molar-refractivity contribution in [2.75, 3.05) is 19.6 Å². The van der Waals surface area contributed by atoms with Crippen molar-refractivity contribution in [1.82, 2.24) is 15.5 Å². The summed E-state index contributed by atoms with van der Waals surface area (Å²) < 4.78 is 5.17. The number of nitrogens with zero attached hydrogens (tertiary/aromatic N) is 1. The van der Waals surface area contributed by atoms with E-state index in [9.17, 15) is 9.59 Å². The Kier molecular flexibility index (Phi) is 7.66. The first-order chi connectivity index (χ1) is 12.7. The molecule has 1 aliphatic rings. The molecule has 0 aromatic heterocycles. The number of nitrogens with one attached hydrogen (secondary N) is 2. The summed E-state index contributed by atoms with van der Waals surface area (Å²) >= 11 is 0. The Labute approximate surface area is 162 Å². The minimum Gasteiger partial charge on any atom is -0.444 e. The van der Waals surface area contributed by atoms with Crippen molar-refractivity contribution in [3.05, 3.63) is 35.9 Å². The molecule has 6 heteroatoms. The lowest BCUT2D eigenvalue weighted by atomic mass is 10.1. The number of ether oxygens (including phenoxy) is 1. The highest BCUT2D eigenvalue weighted by Crippen LogP contribution is 2.24. The zero-order valence-electron chi connectivity index (χ0n) is 17.0. The molecule has 0 radical (unpaired) electrons. The summed E-state index contributed by atoms with van der Waals surface area (Å²) in [4.78, 5) is 26.1. The molecule has 0 spiro atoms. The van der Waals surface area contributed by atoms with Gasteiger partial charge in [0.25, 0.3) is 0 Å². The first kappa shape index (κ1) is 21.2. The van der Waals surface area contributed by atoms with Crippen LogP contribution in [0.25, 0.3) is 0 Å². The van der Waals surface area contributed by atoms with Crippen molar-refractivity contribution >= 4 is 12.0 Å². The molecule has 27 heavy (non-hydrogen) atoms. The van der Waals surface area contributed by atoms with E-state index in [1.165, 1.54) is 5.56 Å². The zero-order chi connectivity index (χ0) is 19.9. The van der Waals surface area contributed by atoms with Gasteiger partial charge in [-0.1, -0.05) is 30.3 Å². The lowest BCUT2D eigenvalue weighted by Gasteiger charge is -2.24. The van der Waals surface area contributed by atoms with Gasteiger partial charge in [-0.25, -0.2) is 4.79 Å². The van der Waals surface area contributed by atoms with Gasteiger partial charge in [-0.3, -0.25) is 9.69 Å². The van der Waals surface area contributed by atoms with Gasteiger partial charge in [0.15, 0.2) is 0 Å². The van der Waals surface area contributed by atoms with Gasteiger partial charge >= 0.3 is 6.09 Å². The smallest absolute Gasteiger partial charge is 0.407 e. The van der Waals surface area contributed by atoms with E-state index in [0.717, 1.165) is 19.5 Å². The number of hydrogen-bond acceptors (Lipinski definition) is 4. The zero-order valence-corrected chi connectivity index (χ0v) is 17.0. The molecule has 2 unspecified atom stereocenters. The summed E-state index contributed by atoms with van der Waals surface area (Å²) in [6.07, 6.45) is 1.53. The van der Waals surface area contributed by atoms with Crippen LogP contribution in [0.4, 0.5) is 4.79 Å². The third kappa shape index (κ3) is 7.59. The van der Waals surface area contributed by atoms with Crippen molar-refractivity contribution in [2.24, 2.45) is 0 Å². The van der Waals surface area contributed by atoms with Crippen molar-refractivity contribution in [1.29, 1.82) is 0 Å². The van der Waals surface area contributed by atoms with Gasteiger partial charge in [0.05, 0.1) is 0 Å². The van der Waals surface area contributed by atoms with Gasteiger partial charge in [-0.05, 0) is 46.1 Å². The molecule has 1 aromatic carbocycles. The maximum atomic E-state index is 12.1. The van der Waals surface area contributed by atoms with E-state index >= 15 is 0 Å². The van der Waals surface area contributed by atoms with E-state index < -0.39 is 11.7 Å². The molecule has 0 aliphatic carbocycles. The van der Waals surface area contributed by atoms with Crippen molar-refractivity contribution in [3.8, 4) is 0 Å². The monoisotopic (exact) mass is 375 g/mol. The van der Waals surface area contributed by atoms with E-state index in [-0.39, 0.29) is 11.9 Å². The topological polar surface area (TPSA) is 70.7 Å². The van der Waals surface area contributed by atoms with Gasteiger partial charge in [-0.15, -0.1) is 0 Å². The highest BCUT2D eigenvalue weighted by atomic mass is 16.6. The lowest BCUT2D eigenvalue weighted by Crippen LogP contribution is -2.38. The minimum atomic E-state index is -0.507. The quantitative estimate of drug-likeness (QED) is 0.718. The molecule has 1 aliphatic heterocycles. The first-order valence-electron chi connectivity index (χ1n) is 9.80. The fourth-order valence-corrected chi connectivity index (χ4v) is 3.25. The molecule has 1 aromatic rings. The van der Waals surface area contributed by atoms with Crippen LogP contribution in [-0.4, -0.2) is 48.2 Å². The Morgan fingerprint density at radius 3 is 2.63 bits per heavy atom. The van der Waals surface area contributed by atoms with E-state index in [2.05, 4.69) is 46.7 Å². The van der Waals surface area contributed by atoms with Crippen molar-refractivity contribution in [2.45, 2.75) is 64.6 Å². The number of carbonyl (C=O) groups is 2. The number of likely N-dealkylation sites (tertiary alicyclic amines) is 1. The molecule has 2 atom stereocenters. The highest BCUT2D eigenvalue weighted by Gasteiger charge is 2.27. The molecule has 1 fully saturated rings. The number of benzene rings is 1. The van der Waals surface area contributed by atoms with Gasteiger partial charge in [-0.2, -0.15) is 0 Å². The number of hydrogen-bond donors (Lipinski definition) is 2. The fourth-order valence-electron chi connectivity index (χ4n) is 3.25. The maximum absolute atomic E-state index is 12.1. The molecule has 6 nitrogen and oxygen atoms in total. The number of alkyl carbamates (subject to hydrolysis) is 1. The summed E-state index contributed by atoms with van der Waals surface area (Å²) in [5.74, 6) is 0.0419. The van der Waals surface area contributed by atoms with E-state index in [4.69, 9.17) is 4.74 Å². The number of carbonyl (C=O) groups excluding carboxylic acids is 2. The largest absolute Gasteiger partial charge is 0.444 e. The minimum absolute atomic E-state index is 0.0419. The van der Waals surface area contributed by atoms with E-state index in [1.54, 1.807) is 0 Å². The van der Waals surface area contributed by atoms with Crippen LogP contribution in [-0.2, 0) is 9.53 Å². The predicted octanol–water partition coefficient (Wildman–Crippen LogP) is 3.24. The van der Waals surface area contributed by atoms with Crippen LogP contribution in [0, 0.1) is 0 Å². The second-order valence-corrected chi connectivity index (χ2v) is 8.17. The second-order valence-electron chi connectivity index (χ2n) is 8.17. The average molecular weight is 376 g/mol. The molecule has 1 saturated heterocycles. The lowest BCUT2D eigenvalue weighted by molar-refractivity contribution is -0.121. The van der Waals surface area contributed by atoms with Crippen LogP contribution < -0.4 is 10.6 Å². The third-order valence-corrected chi connectivity index (χ3v) is 4.66. The summed E-state index contributed by atoms with van der Waals surface area (Å²) in [5, 5.41) is 5.80. The third-order valence-electron chi connectivity index (χ3n) is 4.66. The summed E-state index contributed by atoms with van der Waals surface area (Å²) in [5.41, 5.74) is 0.796. The number of rotatable bonds is 7. The SMILES string of the molecule is CC(c1ccccc1)N1CCC(NC(=O)CCCNC(=O)OC(C)(C)C)C1. The molecule has 2 N–H and O–H groups in total. The van der Waals surface area contributed by atoms with Crippen LogP contribution in [0.3, 0.4) is 0 Å². The Balaban J connectivity index is 1.63. The molecule has 0 saturated carbocycles. The Morgan fingerprint density at radius 2 is 1.96 bits per heavy atom. The Bertz CT molecular complexity index is 613. The Morgan fingerprint density at radius 1 is 1.26 bits per heavy atom. The molecule has 1 heterocycles. The van der Waals surface area contributed by atoms with Crippen LogP contribution >= 0.6 is 0 Å². The summed E-state index contributed by atoms with van der Waals surface area (Å²) in [7, 11) is 0. The molecule has 0 bridgehead atoms. The summed E-state index contributed by atoms with van der Waals surface area (Å²) in [6.45, 7) is 9.97. The van der Waals surface area contributed by atoms with E-state index in [0.29, 0.717) is 25.4 Å². The van der Waals surface area contributed by atoms with Gasteiger partial charge in [0, 0.05) is 38.1 Å². The van der Waals surface area contributed by atoms with Crippen LogP contribution in [0.1, 0.15) is 58.6 Å². The second kappa shape index (κ2) is 9.74. The highest BCUT2D eigenvalue weighted by molar-refractivity contribution is 5.76. The van der Waals surface area contributed by atoms with Gasteiger partial charge in [0.2, 0.25) is 5.91 Å². The standard InChI is InChI=1S/C21H33N3O3/c1-16(17-9-6-5-7-10-17)24-14-12-18(15-24)23-19(25)11-8-13-22-20(26)27-21(2,3)4/h5-7,9-10,16,18H,8,11-15H2,1-4H3,(H,22,26)(H,23,25). The van der Waals surface area contributed by atoms with Crippen molar-refractivity contribution in [3.63, 3.8) is 0 Å². The van der Waals surface area contributed by atoms with Crippen LogP contribution in [0.2, 0.25) is 0 Å².